The Balaban J connectivity index is 1.50. The zero-order valence-corrected chi connectivity index (χ0v) is 20.6. The van der Waals surface area contributed by atoms with Gasteiger partial charge in [-0.25, -0.2) is 9.78 Å². The number of allylic oxidation sites excluding steroid dienone is 1. The van der Waals surface area contributed by atoms with Gasteiger partial charge in [-0.15, -0.1) is 15.1 Å². The number of β-lactam (4-membered cyclic amide) rings is 1. The van der Waals surface area contributed by atoms with Crippen LogP contribution in [0.15, 0.2) is 20.1 Å². The molecular formula is C17H17ClN8O5S3. The van der Waals surface area contributed by atoms with Crippen molar-refractivity contribution in [2.24, 2.45) is 5.18 Å². The zero-order chi connectivity index (χ0) is 24.6. The number of carboxylic acids is 1. The third-order valence-electron chi connectivity index (χ3n) is 5.08. The molecule has 1 saturated heterocycles. The van der Waals surface area contributed by atoms with Crippen LogP contribution in [0.2, 0.25) is 4.34 Å². The molecule has 5 N–H and O–H groups in total. The predicted octanol–water partition coefficient (Wildman–Crippen LogP) is 2.05. The molecule has 0 saturated carbocycles. The van der Waals surface area contributed by atoms with Crippen molar-refractivity contribution in [1.82, 2.24) is 25.4 Å². The molecule has 0 radical (unpaired) electrons. The molecule has 2 aliphatic rings. The van der Waals surface area contributed by atoms with Gasteiger partial charge in [0.15, 0.2) is 9.47 Å². The lowest BCUT2D eigenvalue weighted by Crippen LogP contribution is -2.71. The maximum absolute atomic E-state index is 12.9. The minimum Gasteiger partial charge on any atom is -0.477 e. The number of aromatic nitrogens is 3. The number of carbonyl (C=O) groups excluding carboxylic acids is 2. The molecule has 1 fully saturated rings. The predicted molar refractivity (Wildman–Crippen MR) is 126 cm³/mol. The van der Waals surface area contributed by atoms with Crippen molar-refractivity contribution >= 4 is 74.1 Å². The smallest absolute Gasteiger partial charge is 0.353 e. The van der Waals surface area contributed by atoms with E-state index in [0.29, 0.717) is 33.8 Å². The van der Waals surface area contributed by atoms with Gasteiger partial charge in [0.1, 0.15) is 21.8 Å². The quantitative estimate of drug-likeness (QED) is 0.266. The highest BCUT2D eigenvalue weighted by Crippen LogP contribution is 2.44. The molecule has 17 heteroatoms. The molecular weight excluding hydrogens is 528 g/mol. The standard InChI is InChI=1S/C17H17ClN8O5S3/c1-2-20-16-23-24-17(34-16)32-6-4-3-5-7(13(28)26(5)10(6)14(29)30)21-12(27)9(25-31)8-11(18)33-15(19)22-8/h5,7,9H,2-4H2,1H3,(H2,19,22)(H,20,23)(H,21,27)(H,29,30). The van der Waals surface area contributed by atoms with E-state index in [1.807, 2.05) is 6.92 Å². The molecule has 2 aromatic rings. The number of nitrogens with zero attached hydrogens (tertiary/aromatic N) is 5. The van der Waals surface area contributed by atoms with Crippen molar-refractivity contribution in [3.8, 4) is 0 Å². The summed E-state index contributed by atoms with van der Waals surface area (Å²) in [5.41, 5.74) is 5.31. The summed E-state index contributed by atoms with van der Waals surface area (Å²) in [4.78, 5) is 54.4. The van der Waals surface area contributed by atoms with E-state index in [1.54, 1.807) is 0 Å². The number of thiazole rings is 1. The first kappa shape index (κ1) is 24.3. The monoisotopic (exact) mass is 544 g/mol. The number of hydrogen-bond donors (Lipinski definition) is 4. The highest BCUT2D eigenvalue weighted by atomic mass is 35.5. The van der Waals surface area contributed by atoms with Crippen molar-refractivity contribution < 1.29 is 19.5 Å². The first-order valence-corrected chi connectivity index (χ1v) is 12.7. The fourth-order valence-electron chi connectivity index (χ4n) is 3.66. The van der Waals surface area contributed by atoms with E-state index in [1.165, 1.54) is 11.3 Å². The number of aliphatic carboxylic acids is 1. The molecule has 4 heterocycles. The largest absolute Gasteiger partial charge is 0.477 e. The summed E-state index contributed by atoms with van der Waals surface area (Å²) in [6.45, 7) is 2.58. The Morgan fingerprint density at radius 1 is 1.41 bits per heavy atom. The summed E-state index contributed by atoms with van der Waals surface area (Å²) in [5.74, 6) is -2.74. The lowest BCUT2D eigenvalue weighted by molar-refractivity contribution is -0.156. The number of fused-ring (bicyclic) bond motifs is 1. The highest BCUT2D eigenvalue weighted by molar-refractivity contribution is 8.04. The van der Waals surface area contributed by atoms with E-state index in [-0.39, 0.29) is 20.9 Å². The Kier molecular flexibility index (Phi) is 7.01. The number of carboxylic acid groups (broad SMARTS) is 1. The van der Waals surface area contributed by atoms with Gasteiger partial charge in [0.25, 0.3) is 11.8 Å². The number of nitrogens with two attached hydrogens (primary N) is 1. The number of anilines is 2. The highest BCUT2D eigenvalue weighted by Gasteiger charge is 2.54. The van der Waals surface area contributed by atoms with Crippen LogP contribution >= 0.6 is 46.0 Å². The first-order valence-electron chi connectivity index (χ1n) is 9.84. The van der Waals surface area contributed by atoms with Gasteiger partial charge in [0, 0.05) is 11.4 Å². The third kappa shape index (κ3) is 4.45. The number of nitroso groups, excluding NO2 is 1. The van der Waals surface area contributed by atoms with Gasteiger partial charge in [-0.3, -0.25) is 14.5 Å². The number of nitrogen functional groups attached to an aromatic ring is 1. The van der Waals surface area contributed by atoms with E-state index < -0.39 is 35.9 Å². The summed E-state index contributed by atoms with van der Waals surface area (Å²) >= 11 is 9.29. The van der Waals surface area contributed by atoms with Gasteiger partial charge in [0.05, 0.1) is 6.04 Å². The molecule has 0 aromatic carbocycles. The summed E-state index contributed by atoms with van der Waals surface area (Å²) in [6, 6.07) is -3.17. The van der Waals surface area contributed by atoms with Crippen LogP contribution in [0.25, 0.3) is 0 Å². The van der Waals surface area contributed by atoms with Gasteiger partial charge in [-0.2, -0.15) is 0 Å². The number of halogens is 1. The van der Waals surface area contributed by atoms with E-state index in [4.69, 9.17) is 17.3 Å². The van der Waals surface area contributed by atoms with Crippen LogP contribution in [-0.2, 0) is 14.4 Å². The second-order valence-electron chi connectivity index (χ2n) is 7.10. The van der Waals surface area contributed by atoms with Gasteiger partial charge < -0.3 is 21.5 Å². The van der Waals surface area contributed by atoms with Gasteiger partial charge in [-0.1, -0.05) is 46.0 Å². The van der Waals surface area contributed by atoms with Crippen LogP contribution in [0.3, 0.4) is 0 Å². The molecule has 34 heavy (non-hydrogen) atoms. The summed E-state index contributed by atoms with van der Waals surface area (Å²) < 4.78 is 0.587. The molecule has 2 aliphatic heterocycles. The van der Waals surface area contributed by atoms with Gasteiger partial charge in [-0.05, 0) is 24.9 Å². The number of amides is 2. The van der Waals surface area contributed by atoms with Gasteiger partial charge >= 0.3 is 5.97 Å². The molecule has 0 spiro atoms. The minimum atomic E-state index is -1.59. The second-order valence-corrected chi connectivity index (χ2v) is 11.1. The van der Waals surface area contributed by atoms with E-state index in [9.17, 15) is 24.4 Å². The molecule has 4 rings (SSSR count). The van der Waals surface area contributed by atoms with Crippen LogP contribution in [0.1, 0.15) is 31.5 Å². The Morgan fingerprint density at radius 2 is 2.18 bits per heavy atom. The van der Waals surface area contributed by atoms with Crippen molar-refractivity contribution in [1.29, 1.82) is 0 Å². The van der Waals surface area contributed by atoms with Gasteiger partial charge in [0.2, 0.25) is 11.2 Å². The molecule has 2 aromatic heterocycles. The maximum atomic E-state index is 12.9. The topological polar surface area (TPSA) is 193 Å². The number of rotatable bonds is 9. The van der Waals surface area contributed by atoms with E-state index >= 15 is 0 Å². The Labute approximate surface area is 209 Å². The SMILES string of the molecule is CCNc1nnc(SC2=C(C(=O)O)N3C(=O)C(NC(=O)C(N=O)c4nc(N)sc4Cl)C3CC2)s1. The zero-order valence-electron chi connectivity index (χ0n) is 17.3. The second kappa shape index (κ2) is 9.81. The number of carbonyl (C=O) groups is 3. The van der Waals surface area contributed by atoms with Crippen LogP contribution < -0.4 is 16.4 Å². The van der Waals surface area contributed by atoms with Crippen molar-refractivity contribution in [2.45, 2.75) is 42.2 Å². The van der Waals surface area contributed by atoms with E-state index in [2.05, 4.69) is 31.0 Å². The van der Waals surface area contributed by atoms with Crippen LogP contribution in [0, 0.1) is 4.91 Å². The Morgan fingerprint density at radius 3 is 2.79 bits per heavy atom. The van der Waals surface area contributed by atoms with Crippen molar-refractivity contribution in [3.05, 3.63) is 25.5 Å². The molecule has 13 nitrogen and oxygen atoms in total. The number of hydrogen-bond acceptors (Lipinski definition) is 13. The lowest BCUT2D eigenvalue weighted by atomic mass is 9.86. The fraction of sp³-hybridized carbons (Fsp3) is 0.412. The summed E-state index contributed by atoms with van der Waals surface area (Å²) in [7, 11) is 0. The molecule has 3 atom stereocenters. The Hall–Kier alpha value is -2.82. The van der Waals surface area contributed by atoms with Crippen LogP contribution in [0.5, 0.6) is 0 Å². The number of nitrogens with one attached hydrogen (secondary N) is 2. The average molecular weight is 545 g/mol. The molecule has 3 unspecified atom stereocenters. The third-order valence-corrected chi connectivity index (χ3v) is 8.27. The molecule has 0 aliphatic carbocycles. The minimum absolute atomic E-state index is 0.0446. The summed E-state index contributed by atoms with van der Waals surface area (Å²) in [5, 5.41) is 26.8. The molecule has 0 bridgehead atoms. The average Bonchev–Trinajstić information content (AvgIpc) is 3.37. The Bertz CT molecular complexity index is 1200. The first-order chi connectivity index (χ1) is 16.2. The maximum Gasteiger partial charge on any atom is 0.353 e. The molecule has 2 amide bonds. The summed E-state index contributed by atoms with van der Waals surface area (Å²) in [6.07, 6.45) is 0.755. The van der Waals surface area contributed by atoms with Crippen LogP contribution in [-0.4, -0.2) is 61.6 Å². The van der Waals surface area contributed by atoms with Crippen molar-refractivity contribution in [2.75, 3.05) is 17.6 Å². The van der Waals surface area contributed by atoms with Crippen molar-refractivity contribution in [3.63, 3.8) is 0 Å². The fourth-order valence-corrected chi connectivity index (χ4v) is 6.68. The van der Waals surface area contributed by atoms with Crippen LogP contribution in [0.4, 0.5) is 10.3 Å². The van der Waals surface area contributed by atoms with E-state index in [0.717, 1.165) is 28.0 Å². The molecule has 180 valence electrons. The normalized spacial score (nSPS) is 20.4. The number of thioether (sulfide) groups is 1. The lowest BCUT2D eigenvalue weighted by Gasteiger charge is -2.50.